The van der Waals surface area contributed by atoms with Crippen LogP contribution in [0.5, 0.6) is 0 Å². The van der Waals surface area contributed by atoms with Crippen molar-refractivity contribution < 1.29 is 9.52 Å². The van der Waals surface area contributed by atoms with Crippen LogP contribution in [0.3, 0.4) is 0 Å². The van der Waals surface area contributed by atoms with Crippen LogP contribution in [0.2, 0.25) is 0 Å². The zero-order valence-electron chi connectivity index (χ0n) is 8.00. The molecule has 4 nitrogen and oxygen atoms in total. The molecule has 1 aromatic heterocycles. The lowest BCUT2D eigenvalue weighted by atomic mass is 10.1. The highest BCUT2D eigenvalue weighted by molar-refractivity contribution is 5.52. The van der Waals surface area contributed by atoms with Crippen LogP contribution in [-0.4, -0.2) is 15.3 Å². The summed E-state index contributed by atoms with van der Waals surface area (Å²) >= 11 is 0. The third-order valence-corrected chi connectivity index (χ3v) is 2.02. The van der Waals surface area contributed by atoms with Crippen molar-refractivity contribution in [2.45, 2.75) is 6.42 Å². The second kappa shape index (κ2) is 4.41. The predicted octanol–water partition coefficient (Wildman–Crippen LogP) is 2.35. The van der Waals surface area contributed by atoms with Crippen molar-refractivity contribution in [3.05, 3.63) is 48.6 Å². The Balaban J connectivity index is 2.17. The van der Waals surface area contributed by atoms with Gasteiger partial charge in [0.1, 0.15) is 0 Å². The summed E-state index contributed by atoms with van der Waals surface area (Å²) in [5.74, 6) is 0.513. The topological polar surface area (TPSA) is 59.2 Å². The number of rotatable bonds is 3. The van der Waals surface area contributed by atoms with Crippen LogP contribution in [-0.2, 0) is 6.42 Å². The minimum atomic E-state index is 0.513. The molecule has 15 heavy (non-hydrogen) atoms. The Hall–Kier alpha value is -2.10. The molecule has 1 heterocycles. The van der Waals surface area contributed by atoms with Crippen LogP contribution in [0.1, 0.15) is 5.56 Å². The summed E-state index contributed by atoms with van der Waals surface area (Å²) in [6, 6.07) is 7.74. The normalized spacial score (nSPS) is 10.9. The van der Waals surface area contributed by atoms with E-state index in [9.17, 15) is 0 Å². The molecular formula is C11H10N2O2. The van der Waals surface area contributed by atoms with E-state index in [1.165, 1.54) is 6.39 Å². The molecule has 0 amide bonds. The van der Waals surface area contributed by atoms with Gasteiger partial charge in [-0.25, -0.2) is 0 Å². The van der Waals surface area contributed by atoms with Crippen molar-refractivity contribution in [1.82, 2.24) is 10.2 Å². The van der Waals surface area contributed by atoms with E-state index in [4.69, 9.17) is 9.52 Å². The number of nitrogens with zero attached hydrogens (tertiary/aromatic N) is 2. The standard InChI is InChI=1S/C11H10N2O2/c14-7-1-2-9-3-5-10(6-4-9)11-13-12-8-15-11/h1,3-8,14H,2H2/b7-1+. The van der Waals surface area contributed by atoms with Crippen molar-refractivity contribution in [2.75, 3.05) is 0 Å². The number of hydrogen-bond donors (Lipinski definition) is 1. The molecule has 0 aliphatic carbocycles. The number of hydrogen-bond acceptors (Lipinski definition) is 4. The van der Waals surface area contributed by atoms with Crippen molar-refractivity contribution in [3.8, 4) is 11.5 Å². The fourth-order valence-corrected chi connectivity index (χ4v) is 1.27. The quantitative estimate of drug-likeness (QED) is 0.776. The molecule has 2 rings (SSSR count). The Morgan fingerprint density at radius 1 is 1.27 bits per heavy atom. The lowest BCUT2D eigenvalue weighted by molar-refractivity contribution is 0.471. The van der Waals surface area contributed by atoms with E-state index >= 15 is 0 Å². The first-order valence-electron chi connectivity index (χ1n) is 4.55. The number of benzene rings is 1. The minimum absolute atomic E-state index is 0.513. The first kappa shape index (κ1) is 9.45. The largest absolute Gasteiger partial charge is 0.516 e. The lowest BCUT2D eigenvalue weighted by Crippen LogP contribution is -1.82. The van der Waals surface area contributed by atoms with Gasteiger partial charge in [-0.3, -0.25) is 0 Å². The Bertz CT molecular complexity index is 432. The molecule has 1 aromatic carbocycles. The van der Waals surface area contributed by atoms with Gasteiger partial charge >= 0.3 is 0 Å². The molecule has 0 aliphatic heterocycles. The molecule has 0 fully saturated rings. The molecule has 0 saturated carbocycles. The van der Waals surface area contributed by atoms with E-state index in [1.807, 2.05) is 24.3 Å². The molecule has 2 aromatic rings. The zero-order valence-corrected chi connectivity index (χ0v) is 8.00. The molecule has 0 aliphatic rings. The van der Waals surface area contributed by atoms with Gasteiger partial charge in [0, 0.05) is 5.56 Å². The Morgan fingerprint density at radius 2 is 2.07 bits per heavy atom. The Kier molecular flexibility index (Phi) is 2.78. The second-order valence-electron chi connectivity index (χ2n) is 3.03. The van der Waals surface area contributed by atoms with Gasteiger partial charge in [0.2, 0.25) is 12.3 Å². The van der Waals surface area contributed by atoms with Crippen molar-refractivity contribution in [3.63, 3.8) is 0 Å². The van der Waals surface area contributed by atoms with E-state index in [-0.39, 0.29) is 0 Å². The smallest absolute Gasteiger partial charge is 0.247 e. The number of aromatic nitrogens is 2. The van der Waals surface area contributed by atoms with Gasteiger partial charge in [0.15, 0.2) is 0 Å². The fourth-order valence-electron chi connectivity index (χ4n) is 1.27. The summed E-state index contributed by atoms with van der Waals surface area (Å²) in [6.45, 7) is 0. The van der Waals surface area contributed by atoms with Crippen molar-refractivity contribution in [1.29, 1.82) is 0 Å². The van der Waals surface area contributed by atoms with Crippen LogP contribution in [0.15, 0.2) is 47.4 Å². The van der Waals surface area contributed by atoms with Crippen LogP contribution in [0.4, 0.5) is 0 Å². The first-order chi connectivity index (χ1) is 7.40. The summed E-state index contributed by atoms with van der Waals surface area (Å²) < 4.78 is 5.06. The maximum absolute atomic E-state index is 8.52. The second-order valence-corrected chi connectivity index (χ2v) is 3.03. The van der Waals surface area contributed by atoms with Crippen molar-refractivity contribution >= 4 is 0 Å². The van der Waals surface area contributed by atoms with Gasteiger partial charge in [-0.1, -0.05) is 12.1 Å². The summed E-state index contributed by atoms with van der Waals surface area (Å²) in [4.78, 5) is 0. The average molecular weight is 202 g/mol. The summed E-state index contributed by atoms with van der Waals surface area (Å²) in [5, 5.41) is 15.9. The van der Waals surface area contributed by atoms with Gasteiger partial charge in [0.05, 0.1) is 6.26 Å². The minimum Gasteiger partial charge on any atom is -0.516 e. The molecule has 0 radical (unpaired) electrons. The van der Waals surface area contributed by atoms with Crippen LogP contribution < -0.4 is 0 Å². The highest BCUT2D eigenvalue weighted by atomic mass is 16.4. The molecule has 1 N–H and O–H groups in total. The van der Waals surface area contributed by atoms with Crippen molar-refractivity contribution in [2.24, 2.45) is 0 Å². The first-order valence-corrected chi connectivity index (χ1v) is 4.55. The van der Waals surface area contributed by atoms with Gasteiger partial charge in [-0.05, 0) is 30.2 Å². The molecule has 0 atom stereocenters. The SMILES string of the molecule is O/C=C/Cc1ccc(-c2nnco2)cc1. The maximum atomic E-state index is 8.52. The molecular weight excluding hydrogens is 192 g/mol. The Labute approximate surface area is 86.9 Å². The van der Waals surface area contributed by atoms with Crippen LogP contribution in [0.25, 0.3) is 11.5 Å². The molecule has 76 valence electrons. The molecule has 0 unspecified atom stereocenters. The van der Waals surface area contributed by atoms with Gasteiger partial charge in [-0.2, -0.15) is 0 Å². The lowest BCUT2D eigenvalue weighted by Gasteiger charge is -1.97. The van der Waals surface area contributed by atoms with Gasteiger partial charge < -0.3 is 9.52 Å². The van der Waals surface area contributed by atoms with E-state index in [1.54, 1.807) is 6.08 Å². The number of allylic oxidation sites excluding steroid dienone is 1. The maximum Gasteiger partial charge on any atom is 0.247 e. The summed E-state index contributed by atoms with van der Waals surface area (Å²) in [5.41, 5.74) is 2.01. The van der Waals surface area contributed by atoms with Crippen LogP contribution in [0, 0.1) is 0 Å². The predicted molar refractivity (Wildman–Crippen MR) is 55.2 cm³/mol. The fraction of sp³-hybridized carbons (Fsp3) is 0.0909. The third kappa shape index (κ3) is 2.22. The molecule has 0 spiro atoms. The van der Waals surface area contributed by atoms with E-state index in [0.29, 0.717) is 12.3 Å². The molecule has 0 bridgehead atoms. The highest BCUT2D eigenvalue weighted by Gasteiger charge is 2.01. The zero-order chi connectivity index (χ0) is 10.5. The average Bonchev–Trinajstić information content (AvgIpc) is 2.80. The number of aliphatic hydroxyl groups is 1. The van der Waals surface area contributed by atoms with E-state index in [0.717, 1.165) is 17.4 Å². The van der Waals surface area contributed by atoms with Gasteiger partial charge in [-0.15, -0.1) is 10.2 Å². The van der Waals surface area contributed by atoms with E-state index in [2.05, 4.69) is 10.2 Å². The highest BCUT2D eigenvalue weighted by Crippen LogP contribution is 2.16. The Morgan fingerprint density at radius 3 is 2.67 bits per heavy atom. The number of aliphatic hydroxyl groups excluding tert-OH is 1. The van der Waals surface area contributed by atoms with Crippen LogP contribution >= 0.6 is 0 Å². The van der Waals surface area contributed by atoms with E-state index < -0.39 is 0 Å². The third-order valence-electron chi connectivity index (χ3n) is 2.02. The monoisotopic (exact) mass is 202 g/mol. The summed E-state index contributed by atoms with van der Waals surface area (Å²) in [6.07, 6.45) is 4.74. The van der Waals surface area contributed by atoms with Gasteiger partial charge in [0.25, 0.3) is 0 Å². The summed E-state index contributed by atoms with van der Waals surface area (Å²) in [7, 11) is 0. The molecule has 4 heteroatoms. The molecule has 0 saturated heterocycles.